The van der Waals surface area contributed by atoms with Gasteiger partial charge >= 0.3 is 0 Å². The predicted octanol–water partition coefficient (Wildman–Crippen LogP) is -0.0830. The predicted molar refractivity (Wildman–Crippen MR) is 58.2 cm³/mol. The summed E-state index contributed by atoms with van der Waals surface area (Å²) in [6.45, 7) is 0. The molecule has 0 unspecified atom stereocenters. The van der Waals surface area contributed by atoms with Gasteiger partial charge in [-0.05, 0) is 18.2 Å². The van der Waals surface area contributed by atoms with E-state index < -0.39 is 5.82 Å². The SMILES string of the molecule is N#Cc1ccc(N=C(N)N=C(N)N)c(F)c1. The topological polar surface area (TPSA) is 127 Å². The molecule has 0 heterocycles. The van der Waals surface area contributed by atoms with Crippen molar-refractivity contribution in [2.75, 3.05) is 0 Å². The first-order chi connectivity index (χ1) is 7.52. The molecule has 6 N–H and O–H groups in total. The van der Waals surface area contributed by atoms with Crippen molar-refractivity contribution < 1.29 is 4.39 Å². The molecule has 82 valence electrons. The van der Waals surface area contributed by atoms with Crippen LogP contribution in [-0.2, 0) is 0 Å². The second-order valence-electron chi connectivity index (χ2n) is 2.78. The molecule has 0 aromatic heterocycles. The summed E-state index contributed by atoms with van der Waals surface area (Å²) in [5, 5.41) is 8.52. The van der Waals surface area contributed by atoms with Crippen molar-refractivity contribution in [3.8, 4) is 6.07 Å². The van der Waals surface area contributed by atoms with Gasteiger partial charge in [0, 0.05) is 0 Å². The van der Waals surface area contributed by atoms with Crippen LogP contribution in [0.5, 0.6) is 0 Å². The minimum absolute atomic E-state index is 0.0403. The van der Waals surface area contributed by atoms with Crippen LogP contribution in [0, 0.1) is 17.1 Å². The number of rotatable bonds is 1. The molecule has 0 atom stereocenters. The van der Waals surface area contributed by atoms with Crippen LogP contribution >= 0.6 is 0 Å². The fourth-order valence-electron chi connectivity index (χ4n) is 0.948. The van der Waals surface area contributed by atoms with E-state index in [9.17, 15) is 4.39 Å². The second kappa shape index (κ2) is 4.75. The van der Waals surface area contributed by atoms with Gasteiger partial charge in [0.15, 0.2) is 5.96 Å². The van der Waals surface area contributed by atoms with Crippen LogP contribution in [0.4, 0.5) is 10.1 Å². The van der Waals surface area contributed by atoms with Gasteiger partial charge in [-0.3, -0.25) is 0 Å². The number of halogens is 1. The van der Waals surface area contributed by atoms with Gasteiger partial charge in [0.05, 0.1) is 11.6 Å². The average Bonchev–Trinajstić information content (AvgIpc) is 2.19. The van der Waals surface area contributed by atoms with E-state index in [4.69, 9.17) is 22.5 Å². The molecule has 0 amide bonds. The minimum atomic E-state index is -0.673. The van der Waals surface area contributed by atoms with E-state index >= 15 is 0 Å². The van der Waals surface area contributed by atoms with Gasteiger partial charge in [-0.2, -0.15) is 10.3 Å². The summed E-state index contributed by atoms with van der Waals surface area (Å²) in [6, 6.07) is 5.55. The van der Waals surface area contributed by atoms with E-state index in [1.54, 1.807) is 6.07 Å². The molecule has 1 aromatic carbocycles. The van der Waals surface area contributed by atoms with Crippen molar-refractivity contribution in [3.05, 3.63) is 29.6 Å². The van der Waals surface area contributed by atoms with Crippen LogP contribution in [0.2, 0.25) is 0 Å². The van der Waals surface area contributed by atoms with Gasteiger partial charge < -0.3 is 17.2 Å². The van der Waals surface area contributed by atoms with E-state index in [0.29, 0.717) is 0 Å². The minimum Gasteiger partial charge on any atom is -0.370 e. The highest BCUT2D eigenvalue weighted by atomic mass is 19.1. The molecule has 16 heavy (non-hydrogen) atoms. The Kier molecular flexibility index (Phi) is 3.40. The monoisotopic (exact) mass is 220 g/mol. The molecule has 0 bridgehead atoms. The lowest BCUT2D eigenvalue weighted by molar-refractivity contribution is 0.629. The van der Waals surface area contributed by atoms with E-state index in [1.165, 1.54) is 12.1 Å². The van der Waals surface area contributed by atoms with Crippen LogP contribution in [0.3, 0.4) is 0 Å². The molecule has 1 aromatic rings. The highest BCUT2D eigenvalue weighted by Gasteiger charge is 2.02. The van der Waals surface area contributed by atoms with Crippen molar-refractivity contribution in [2.45, 2.75) is 0 Å². The standard InChI is InChI=1S/C9H9FN6/c10-6-3-5(4-11)1-2-7(6)15-9(14)16-8(12)13/h1-3H,(H6,12,13,14,15,16). The average molecular weight is 220 g/mol. The summed E-state index contributed by atoms with van der Waals surface area (Å²) >= 11 is 0. The second-order valence-corrected chi connectivity index (χ2v) is 2.78. The first-order valence-corrected chi connectivity index (χ1v) is 4.16. The Bertz CT molecular complexity index is 495. The maximum Gasteiger partial charge on any atom is 0.223 e. The summed E-state index contributed by atoms with van der Waals surface area (Å²) in [6.07, 6.45) is 0. The normalized spacial score (nSPS) is 10.6. The molecule has 0 fully saturated rings. The molecule has 0 saturated carbocycles. The molecular formula is C9H9FN6. The molecule has 0 aliphatic rings. The van der Waals surface area contributed by atoms with E-state index in [-0.39, 0.29) is 23.2 Å². The van der Waals surface area contributed by atoms with Gasteiger partial charge in [0.25, 0.3) is 0 Å². The largest absolute Gasteiger partial charge is 0.370 e. The van der Waals surface area contributed by atoms with E-state index in [1.807, 2.05) is 0 Å². The Morgan fingerprint density at radius 3 is 2.50 bits per heavy atom. The number of guanidine groups is 2. The zero-order valence-electron chi connectivity index (χ0n) is 8.18. The van der Waals surface area contributed by atoms with Crippen molar-refractivity contribution in [3.63, 3.8) is 0 Å². The molecular weight excluding hydrogens is 211 g/mol. The van der Waals surface area contributed by atoms with Crippen molar-refractivity contribution >= 4 is 17.6 Å². The molecule has 0 aliphatic heterocycles. The number of nitrogens with zero attached hydrogens (tertiary/aromatic N) is 3. The zero-order chi connectivity index (χ0) is 12.1. The van der Waals surface area contributed by atoms with Crippen molar-refractivity contribution in [1.82, 2.24) is 0 Å². The van der Waals surface area contributed by atoms with Crippen LogP contribution < -0.4 is 17.2 Å². The lowest BCUT2D eigenvalue weighted by atomic mass is 10.2. The maximum atomic E-state index is 13.3. The molecule has 0 aliphatic carbocycles. The lowest BCUT2D eigenvalue weighted by Crippen LogP contribution is -2.26. The van der Waals surface area contributed by atoms with Crippen molar-refractivity contribution in [1.29, 1.82) is 5.26 Å². The summed E-state index contributed by atoms with van der Waals surface area (Å²) in [5.41, 5.74) is 15.6. The number of hydrogen-bond acceptors (Lipinski definition) is 2. The fraction of sp³-hybridized carbons (Fsp3) is 0. The summed E-state index contributed by atoms with van der Waals surface area (Å²) < 4.78 is 13.3. The van der Waals surface area contributed by atoms with Crippen molar-refractivity contribution in [2.24, 2.45) is 27.2 Å². The molecule has 0 saturated heterocycles. The van der Waals surface area contributed by atoms with E-state index in [2.05, 4.69) is 9.98 Å². The lowest BCUT2D eigenvalue weighted by Gasteiger charge is -1.98. The van der Waals surface area contributed by atoms with Crippen LogP contribution in [0.1, 0.15) is 5.56 Å². The number of nitriles is 1. The number of hydrogen-bond donors (Lipinski definition) is 3. The first-order valence-electron chi connectivity index (χ1n) is 4.16. The molecule has 0 radical (unpaired) electrons. The number of aliphatic imine (C=N–C) groups is 2. The Morgan fingerprint density at radius 1 is 1.31 bits per heavy atom. The van der Waals surface area contributed by atoms with E-state index in [0.717, 1.165) is 6.07 Å². The Labute approximate surface area is 90.9 Å². The summed E-state index contributed by atoms with van der Waals surface area (Å²) in [7, 11) is 0. The highest BCUT2D eigenvalue weighted by molar-refractivity contribution is 5.93. The van der Waals surface area contributed by atoms with Gasteiger partial charge in [-0.25, -0.2) is 9.38 Å². The van der Waals surface area contributed by atoms with Gasteiger partial charge in [-0.1, -0.05) is 0 Å². The van der Waals surface area contributed by atoms with Gasteiger partial charge in [0.1, 0.15) is 11.5 Å². The van der Waals surface area contributed by atoms with Crippen LogP contribution in [0.25, 0.3) is 0 Å². The van der Waals surface area contributed by atoms with Crippen LogP contribution in [-0.4, -0.2) is 11.9 Å². The van der Waals surface area contributed by atoms with Gasteiger partial charge in [-0.15, -0.1) is 0 Å². The maximum absolute atomic E-state index is 13.3. The molecule has 0 spiro atoms. The quantitative estimate of drug-likeness (QED) is 0.451. The number of benzene rings is 1. The summed E-state index contributed by atoms with van der Waals surface area (Å²) in [5.74, 6) is -1.20. The zero-order valence-corrected chi connectivity index (χ0v) is 8.18. The summed E-state index contributed by atoms with van der Waals surface area (Å²) in [4.78, 5) is 7.06. The number of nitrogens with two attached hydrogens (primary N) is 3. The Balaban J connectivity index is 3.08. The highest BCUT2D eigenvalue weighted by Crippen LogP contribution is 2.18. The molecule has 7 heteroatoms. The fourth-order valence-corrected chi connectivity index (χ4v) is 0.948. The third-order valence-electron chi connectivity index (χ3n) is 1.56. The molecule has 1 rings (SSSR count). The van der Waals surface area contributed by atoms with Gasteiger partial charge in [0.2, 0.25) is 5.96 Å². The smallest absolute Gasteiger partial charge is 0.223 e. The van der Waals surface area contributed by atoms with Crippen LogP contribution in [0.15, 0.2) is 28.2 Å². The Hall–Kier alpha value is -2.62. The first kappa shape index (κ1) is 11.5. The third kappa shape index (κ3) is 2.95. The third-order valence-corrected chi connectivity index (χ3v) is 1.56. The Morgan fingerprint density at radius 2 is 2.00 bits per heavy atom. The molecule has 6 nitrogen and oxygen atoms in total.